The molecule has 6 nitrogen and oxygen atoms in total. The molecule has 3 rings (SSSR count). The number of nitrogens with zero attached hydrogens (tertiary/aromatic N) is 3. The number of likely N-dealkylation sites (N-methyl/N-ethyl adjacent to an activating group) is 1. The summed E-state index contributed by atoms with van der Waals surface area (Å²) < 4.78 is 40.9. The van der Waals surface area contributed by atoms with E-state index in [0.717, 1.165) is 12.0 Å². The van der Waals surface area contributed by atoms with Crippen LogP contribution in [0.1, 0.15) is 45.6 Å². The first kappa shape index (κ1) is 23.4. The third kappa shape index (κ3) is 5.14. The van der Waals surface area contributed by atoms with E-state index >= 15 is 0 Å². The molecule has 2 saturated heterocycles. The quantitative estimate of drug-likeness (QED) is 0.594. The van der Waals surface area contributed by atoms with Crippen LogP contribution in [0.15, 0.2) is 24.3 Å². The molecule has 0 aliphatic carbocycles. The lowest BCUT2D eigenvalue weighted by atomic mass is 9.85. The van der Waals surface area contributed by atoms with Crippen LogP contribution in [0.25, 0.3) is 0 Å². The Hall–Kier alpha value is -2.29. The van der Waals surface area contributed by atoms with Gasteiger partial charge in [-0.1, -0.05) is 26.0 Å². The van der Waals surface area contributed by atoms with Crippen molar-refractivity contribution in [1.29, 1.82) is 0 Å². The van der Waals surface area contributed by atoms with Gasteiger partial charge in [0.25, 0.3) is 5.91 Å². The number of ether oxygens (including phenoxy) is 1. The predicted molar refractivity (Wildman–Crippen MR) is 109 cm³/mol. The molecule has 2 heterocycles. The van der Waals surface area contributed by atoms with Crippen molar-refractivity contribution in [3.8, 4) is 5.75 Å². The molecule has 0 radical (unpaired) electrons. The minimum Gasteiger partial charge on any atom is -0.406 e. The number of imide groups is 1. The summed E-state index contributed by atoms with van der Waals surface area (Å²) in [5.41, 5.74) is 0.0919. The molecular weight excluding hydrogens is 411 g/mol. The molecule has 1 spiro atoms. The number of carbonyl (C=O) groups excluding carboxylic acids is 2. The Bertz CT molecular complexity index is 787. The number of hydrogen-bond donors (Lipinski definition) is 0. The van der Waals surface area contributed by atoms with Gasteiger partial charge in [-0.2, -0.15) is 0 Å². The molecule has 0 atom stereocenters. The number of alkyl halides is 3. The third-order valence-electron chi connectivity index (χ3n) is 6.11. The van der Waals surface area contributed by atoms with E-state index in [1.807, 2.05) is 6.92 Å². The fourth-order valence-electron chi connectivity index (χ4n) is 4.38. The van der Waals surface area contributed by atoms with Gasteiger partial charge >= 0.3 is 12.4 Å². The van der Waals surface area contributed by atoms with Gasteiger partial charge in [-0.3, -0.25) is 14.6 Å². The Morgan fingerprint density at radius 3 is 2.23 bits per heavy atom. The minimum atomic E-state index is -4.71. The first-order valence-electron chi connectivity index (χ1n) is 10.8. The molecule has 31 heavy (non-hydrogen) atoms. The molecule has 2 aliphatic rings. The first-order chi connectivity index (χ1) is 14.6. The summed E-state index contributed by atoms with van der Waals surface area (Å²) >= 11 is 0. The van der Waals surface area contributed by atoms with E-state index in [9.17, 15) is 22.8 Å². The summed E-state index contributed by atoms with van der Waals surface area (Å²) in [6.45, 7) is 8.78. The van der Waals surface area contributed by atoms with Gasteiger partial charge < -0.3 is 9.64 Å². The van der Waals surface area contributed by atoms with Crippen molar-refractivity contribution >= 4 is 11.9 Å². The van der Waals surface area contributed by atoms with Crippen LogP contribution in [0.4, 0.5) is 18.0 Å². The molecule has 9 heteroatoms. The van der Waals surface area contributed by atoms with Crippen molar-refractivity contribution < 1.29 is 27.5 Å². The van der Waals surface area contributed by atoms with Crippen LogP contribution in [0.2, 0.25) is 0 Å². The van der Waals surface area contributed by atoms with Crippen molar-refractivity contribution in [1.82, 2.24) is 14.7 Å². The van der Waals surface area contributed by atoms with E-state index in [1.165, 1.54) is 17.0 Å². The topological polar surface area (TPSA) is 53.1 Å². The fourth-order valence-corrected chi connectivity index (χ4v) is 4.38. The van der Waals surface area contributed by atoms with Gasteiger partial charge in [-0.25, -0.2) is 4.79 Å². The van der Waals surface area contributed by atoms with Gasteiger partial charge in [0.15, 0.2) is 0 Å². The van der Waals surface area contributed by atoms with E-state index in [-0.39, 0.29) is 17.7 Å². The fraction of sp³-hybridized carbons (Fsp3) is 0.636. The zero-order chi connectivity index (χ0) is 22.8. The van der Waals surface area contributed by atoms with Gasteiger partial charge in [0, 0.05) is 32.7 Å². The highest BCUT2D eigenvalue weighted by atomic mass is 19.4. The van der Waals surface area contributed by atoms with Crippen LogP contribution >= 0.6 is 0 Å². The van der Waals surface area contributed by atoms with Gasteiger partial charge in [0.05, 0.1) is 0 Å². The second-order valence-electron chi connectivity index (χ2n) is 8.67. The molecule has 2 fully saturated rings. The Kier molecular flexibility index (Phi) is 6.83. The van der Waals surface area contributed by atoms with Crippen LogP contribution < -0.4 is 4.74 Å². The highest BCUT2D eigenvalue weighted by Crippen LogP contribution is 2.38. The zero-order valence-corrected chi connectivity index (χ0v) is 18.2. The highest BCUT2D eigenvalue weighted by Gasteiger charge is 2.57. The lowest BCUT2D eigenvalue weighted by molar-refractivity contribution is -0.274. The highest BCUT2D eigenvalue weighted by molar-refractivity contribution is 6.07. The normalized spacial score (nSPS) is 19.7. The SMILES string of the molecule is CCN1C(=O)N(CCC(C)C)C2(CCN(Cc3ccc(OC(F)(F)F)cc3)CC2)C1=O. The number of likely N-dealkylation sites (tertiary alicyclic amines) is 1. The Morgan fingerprint density at radius 2 is 1.71 bits per heavy atom. The van der Waals surface area contributed by atoms with Crippen molar-refractivity contribution in [2.75, 3.05) is 26.2 Å². The molecule has 1 aromatic rings. The molecule has 0 N–H and O–H groups in total. The van der Waals surface area contributed by atoms with Crippen molar-refractivity contribution in [2.45, 2.75) is 58.5 Å². The van der Waals surface area contributed by atoms with E-state index in [0.29, 0.717) is 51.5 Å². The second kappa shape index (κ2) is 9.06. The molecular formula is C22H30F3N3O3. The Labute approximate surface area is 180 Å². The average Bonchev–Trinajstić information content (AvgIpc) is 2.88. The van der Waals surface area contributed by atoms with Gasteiger partial charge in [-0.05, 0) is 49.8 Å². The maximum Gasteiger partial charge on any atom is 0.573 e. The summed E-state index contributed by atoms with van der Waals surface area (Å²) in [4.78, 5) is 31.3. The monoisotopic (exact) mass is 441 g/mol. The molecule has 3 amide bonds. The Morgan fingerprint density at radius 1 is 1.10 bits per heavy atom. The second-order valence-corrected chi connectivity index (χ2v) is 8.67. The number of hydrogen-bond acceptors (Lipinski definition) is 4. The number of rotatable bonds is 7. The zero-order valence-electron chi connectivity index (χ0n) is 18.2. The standard InChI is InChI=1S/C22H30F3N3O3/c1-4-27-19(29)21(28(20(27)30)12-9-16(2)3)10-13-26(14-11-21)15-17-5-7-18(8-6-17)31-22(23,24)25/h5-8,16H,4,9-15H2,1-3H3. The predicted octanol–water partition coefficient (Wildman–Crippen LogP) is 4.25. The summed E-state index contributed by atoms with van der Waals surface area (Å²) in [5, 5.41) is 0. The van der Waals surface area contributed by atoms with Gasteiger partial charge in [0.2, 0.25) is 0 Å². The number of carbonyl (C=O) groups is 2. The summed E-state index contributed by atoms with van der Waals surface area (Å²) in [7, 11) is 0. The van der Waals surface area contributed by atoms with Crippen LogP contribution in [0.3, 0.4) is 0 Å². The van der Waals surface area contributed by atoms with Crippen LogP contribution in [-0.4, -0.2) is 64.7 Å². The maximum atomic E-state index is 13.1. The lowest BCUT2D eigenvalue weighted by Gasteiger charge is -2.42. The number of urea groups is 1. The van der Waals surface area contributed by atoms with Gasteiger partial charge in [-0.15, -0.1) is 13.2 Å². The lowest BCUT2D eigenvalue weighted by Crippen LogP contribution is -2.56. The first-order valence-corrected chi connectivity index (χ1v) is 10.8. The molecule has 0 bridgehead atoms. The molecule has 0 aromatic heterocycles. The molecule has 172 valence electrons. The number of piperidine rings is 1. The van der Waals surface area contributed by atoms with E-state index in [4.69, 9.17) is 0 Å². The number of benzene rings is 1. The van der Waals surface area contributed by atoms with Gasteiger partial charge in [0.1, 0.15) is 11.3 Å². The molecule has 2 aliphatic heterocycles. The maximum absolute atomic E-state index is 13.1. The van der Waals surface area contributed by atoms with Crippen molar-refractivity contribution in [3.63, 3.8) is 0 Å². The number of halogens is 3. The molecule has 0 unspecified atom stereocenters. The van der Waals surface area contributed by atoms with Crippen molar-refractivity contribution in [3.05, 3.63) is 29.8 Å². The van der Waals surface area contributed by atoms with E-state index < -0.39 is 11.9 Å². The third-order valence-corrected chi connectivity index (χ3v) is 6.11. The molecule has 0 saturated carbocycles. The van der Waals surface area contributed by atoms with Crippen LogP contribution in [-0.2, 0) is 11.3 Å². The minimum absolute atomic E-state index is 0.0999. The van der Waals surface area contributed by atoms with Crippen LogP contribution in [0.5, 0.6) is 5.75 Å². The summed E-state index contributed by atoms with van der Waals surface area (Å²) in [5.74, 6) is 0.0847. The summed E-state index contributed by atoms with van der Waals surface area (Å²) in [6.07, 6.45) is -2.75. The van der Waals surface area contributed by atoms with Crippen LogP contribution in [0, 0.1) is 5.92 Å². The van der Waals surface area contributed by atoms with Crippen molar-refractivity contribution in [2.24, 2.45) is 5.92 Å². The molecule has 1 aromatic carbocycles. The largest absolute Gasteiger partial charge is 0.573 e. The van der Waals surface area contributed by atoms with E-state index in [1.54, 1.807) is 17.0 Å². The smallest absolute Gasteiger partial charge is 0.406 e. The number of amides is 3. The van der Waals surface area contributed by atoms with E-state index in [2.05, 4.69) is 23.5 Å². The average molecular weight is 441 g/mol. The Balaban J connectivity index is 1.65. The summed E-state index contributed by atoms with van der Waals surface area (Å²) in [6, 6.07) is 5.65.